The zero-order valence-corrected chi connectivity index (χ0v) is 7.82. The monoisotopic (exact) mass is 318 g/mol. The molecule has 0 aromatic rings. The van der Waals surface area contributed by atoms with Crippen LogP contribution < -0.4 is 0 Å². The lowest BCUT2D eigenvalue weighted by Crippen LogP contribution is -1.75. The number of rotatable bonds is 0. The molecule has 0 unspecified atom stereocenters. The smallest absolute Gasteiger partial charge is 0.0133 e. The van der Waals surface area contributed by atoms with Gasteiger partial charge in [-0.1, -0.05) is 0 Å². The van der Waals surface area contributed by atoms with Gasteiger partial charge >= 0.3 is 0 Å². The molecule has 34 valence electrons. The highest BCUT2D eigenvalue weighted by Gasteiger charge is 1.85. The van der Waals surface area contributed by atoms with E-state index in [-0.39, 0.29) is 0 Å². The fourth-order valence-corrected chi connectivity index (χ4v) is 0. The zero-order valence-electron chi connectivity index (χ0n) is 2.61. The average Bonchev–Trinajstić information content (AvgIpc) is 0.722. The fourth-order valence-electron chi connectivity index (χ4n) is 0. The minimum Gasteiger partial charge on any atom is -0.266 e. The highest BCUT2D eigenvalue weighted by molar-refractivity contribution is 14.3. The first kappa shape index (κ1) is 6.61. The third-order valence-corrected chi connectivity index (χ3v) is 0. The molecule has 0 aromatic heterocycles. The van der Waals surface area contributed by atoms with Gasteiger partial charge in [0.2, 0.25) is 0 Å². The number of hydrogen-bond donors (Lipinski definition) is 1. The minimum atomic E-state index is -1.70. The van der Waals surface area contributed by atoms with Crippen molar-refractivity contribution in [3.05, 3.63) is 0 Å². The van der Waals surface area contributed by atoms with E-state index < -0.39 is 4.28 Å². The standard InChI is InChI=1S/CH4I2OS/c1-5(2,3)4/h5H,1H3. The Morgan fingerprint density at radius 1 is 1.60 bits per heavy atom. The van der Waals surface area contributed by atoms with E-state index in [4.69, 9.17) is 0 Å². The van der Waals surface area contributed by atoms with E-state index in [0.717, 1.165) is 0 Å². The highest BCUT2D eigenvalue weighted by atomic mass is 127. The summed E-state index contributed by atoms with van der Waals surface area (Å²) in [5, 5.41) is 0. The van der Waals surface area contributed by atoms with Crippen LogP contribution in [0.5, 0.6) is 0 Å². The normalized spacial score (nSPS) is 15.0. The fraction of sp³-hybridized carbons (Fsp3) is 1.00. The van der Waals surface area contributed by atoms with Crippen LogP contribution >= 0.6 is 42.4 Å². The maximum Gasteiger partial charge on any atom is 0.0133 e. The third kappa shape index (κ3) is 28.2. The molecule has 5 heavy (non-hydrogen) atoms. The first-order valence-corrected chi connectivity index (χ1v) is 8.69. The molecule has 0 N–H and O–H groups in total. The quantitative estimate of drug-likeness (QED) is 0.405. The van der Waals surface area contributed by atoms with Crippen molar-refractivity contribution in [3.8, 4) is 0 Å². The van der Waals surface area contributed by atoms with Gasteiger partial charge in [0.05, 0.1) is 0 Å². The predicted molar refractivity (Wildman–Crippen MR) is 43.5 cm³/mol. The second-order valence-electron chi connectivity index (χ2n) is 0.723. The topological polar surface area (TPSA) is 17.1 Å². The Bertz CT molecular complexity index is 55.8. The summed E-state index contributed by atoms with van der Waals surface area (Å²) in [6, 6.07) is 0. The second-order valence-corrected chi connectivity index (χ2v) is 18.8. The number of halogens is 2. The predicted octanol–water partition coefficient (Wildman–Crippen LogP) is 1.33. The molecule has 1 nitrogen and oxygen atoms in total. The van der Waals surface area contributed by atoms with E-state index >= 15 is 0 Å². The summed E-state index contributed by atoms with van der Waals surface area (Å²) in [6.45, 7) is 0. The Morgan fingerprint density at radius 2 is 1.60 bits per heavy atom. The minimum absolute atomic E-state index is 1.70. The van der Waals surface area contributed by atoms with Gasteiger partial charge in [-0.3, -0.25) is 4.21 Å². The van der Waals surface area contributed by atoms with E-state index in [2.05, 4.69) is 0 Å². The molecule has 0 spiro atoms. The molecule has 0 aliphatic carbocycles. The van der Waals surface area contributed by atoms with Crippen LogP contribution in [0.4, 0.5) is 0 Å². The van der Waals surface area contributed by atoms with Crippen molar-refractivity contribution >= 4 is 46.7 Å². The molecule has 0 saturated carbocycles. The van der Waals surface area contributed by atoms with Gasteiger partial charge < -0.3 is 0 Å². The van der Waals surface area contributed by atoms with E-state index in [1.165, 1.54) is 0 Å². The van der Waals surface area contributed by atoms with Gasteiger partial charge in [0.1, 0.15) is 0 Å². The van der Waals surface area contributed by atoms with Crippen molar-refractivity contribution < 1.29 is 4.21 Å². The van der Waals surface area contributed by atoms with Crippen molar-refractivity contribution in [3.63, 3.8) is 0 Å². The largest absolute Gasteiger partial charge is 0.266 e. The lowest BCUT2D eigenvalue weighted by molar-refractivity contribution is 0.695. The van der Waals surface area contributed by atoms with Gasteiger partial charge in [-0.25, -0.2) is 0 Å². The summed E-state index contributed by atoms with van der Waals surface area (Å²) in [4.78, 5) is 0. The molecule has 4 heteroatoms. The zero-order chi connectivity index (χ0) is 4.50. The lowest BCUT2D eigenvalue weighted by atomic mass is 12.0. The highest BCUT2D eigenvalue weighted by Crippen LogP contribution is 2.17. The molecule has 0 radical (unpaired) electrons. The summed E-state index contributed by atoms with van der Waals surface area (Å²) in [5.41, 5.74) is 0. The second kappa shape index (κ2) is 2.06. The molecule has 0 heterocycles. The molecular formula is CH4I2OS. The summed E-state index contributed by atoms with van der Waals surface area (Å²) >= 11 is 3.84. The van der Waals surface area contributed by atoms with Crippen LogP contribution in [-0.4, -0.2) is 10.5 Å². The molecule has 0 bridgehead atoms. The molecule has 0 aromatic carbocycles. The molecule has 0 rings (SSSR count). The molecular weight excluding hydrogens is 314 g/mol. The molecule has 0 fully saturated rings. The maximum atomic E-state index is 10.2. The molecule has 0 amide bonds. The Balaban J connectivity index is 3.47. The van der Waals surface area contributed by atoms with Gasteiger partial charge in [0.25, 0.3) is 0 Å². The average molecular weight is 318 g/mol. The molecule has 0 saturated heterocycles. The van der Waals surface area contributed by atoms with Gasteiger partial charge in [-0.05, 0) is 4.28 Å². The Labute approximate surface area is 56.5 Å². The number of thiol groups is 1. The van der Waals surface area contributed by atoms with Crippen molar-refractivity contribution in [1.82, 2.24) is 0 Å². The van der Waals surface area contributed by atoms with Gasteiger partial charge in [-0.2, -0.15) is 0 Å². The van der Waals surface area contributed by atoms with Crippen molar-refractivity contribution in [2.24, 2.45) is 0 Å². The summed E-state index contributed by atoms with van der Waals surface area (Å²) in [7, 11) is 0. The van der Waals surface area contributed by atoms with Crippen molar-refractivity contribution in [2.75, 3.05) is 6.26 Å². The Kier molecular flexibility index (Phi) is 2.72. The molecule has 0 aliphatic rings. The van der Waals surface area contributed by atoms with Crippen molar-refractivity contribution in [2.45, 2.75) is 0 Å². The van der Waals surface area contributed by atoms with Crippen molar-refractivity contribution in [1.29, 1.82) is 0 Å². The summed E-state index contributed by atoms with van der Waals surface area (Å²) in [5.74, 6) is 0. The SMILES string of the molecule is C[SH](=O)(I)I. The Morgan fingerprint density at radius 3 is 1.60 bits per heavy atom. The van der Waals surface area contributed by atoms with E-state index in [9.17, 15) is 4.21 Å². The van der Waals surface area contributed by atoms with Crippen LogP contribution in [0.3, 0.4) is 0 Å². The Hall–Kier alpha value is 1.61. The van der Waals surface area contributed by atoms with Crippen LogP contribution in [0.1, 0.15) is 0 Å². The summed E-state index contributed by atoms with van der Waals surface area (Å²) in [6.07, 6.45) is 1.72. The van der Waals surface area contributed by atoms with Crippen LogP contribution in [0.2, 0.25) is 0 Å². The van der Waals surface area contributed by atoms with Gasteiger partial charge in [0, 0.05) is 48.7 Å². The first-order chi connectivity index (χ1) is 2.00. The van der Waals surface area contributed by atoms with E-state index in [1.807, 2.05) is 42.4 Å². The lowest BCUT2D eigenvalue weighted by Gasteiger charge is -1.89. The number of hydrogen-bond acceptors (Lipinski definition) is 1. The third-order valence-electron chi connectivity index (χ3n) is 0. The first-order valence-electron chi connectivity index (χ1n) is 0.968. The maximum absolute atomic E-state index is 10.2. The van der Waals surface area contributed by atoms with Crippen LogP contribution in [0, 0.1) is 0 Å². The van der Waals surface area contributed by atoms with E-state index in [1.54, 1.807) is 6.26 Å². The van der Waals surface area contributed by atoms with E-state index in [0.29, 0.717) is 0 Å². The molecule has 0 aliphatic heterocycles. The molecule has 0 atom stereocenters. The van der Waals surface area contributed by atoms with Gasteiger partial charge in [0.15, 0.2) is 0 Å². The van der Waals surface area contributed by atoms with Crippen LogP contribution in [0.25, 0.3) is 0 Å². The van der Waals surface area contributed by atoms with Crippen LogP contribution in [-0.2, 0) is 4.28 Å². The summed E-state index contributed by atoms with van der Waals surface area (Å²) < 4.78 is 8.49. The van der Waals surface area contributed by atoms with Gasteiger partial charge in [-0.15, -0.1) is 0 Å². The van der Waals surface area contributed by atoms with Crippen LogP contribution in [0.15, 0.2) is 0 Å².